The molecule has 1 aliphatic rings. The number of pyridine rings is 1. The molecule has 0 radical (unpaired) electrons. The Labute approximate surface area is 173 Å². The lowest BCUT2D eigenvalue weighted by molar-refractivity contribution is -0.122. The van der Waals surface area contributed by atoms with Crippen LogP contribution in [0, 0.1) is 0 Å². The molecule has 0 spiro atoms. The van der Waals surface area contributed by atoms with Crippen molar-refractivity contribution in [3.63, 3.8) is 0 Å². The molecule has 156 valence electrons. The first-order chi connectivity index (χ1) is 14.6. The number of carbonyl (C=O) groups is 2. The third kappa shape index (κ3) is 4.40. The van der Waals surface area contributed by atoms with Gasteiger partial charge in [-0.1, -0.05) is 12.1 Å². The number of H-pyrrole nitrogens is 1. The number of aromatic amines is 1. The largest absolute Gasteiger partial charge is 0.497 e. The van der Waals surface area contributed by atoms with Crippen molar-refractivity contribution in [2.75, 3.05) is 20.8 Å². The van der Waals surface area contributed by atoms with Crippen molar-refractivity contribution in [3.8, 4) is 11.6 Å². The number of imidazole rings is 1. The Morgan fingerprint density at radius 1 is 1.17 bits per heavy atom. The maximum absolute atomic E-state index is 13.0. The van der Waals surface area contributed by atoms with Gasteiger partial charge in [-0.2, -0.15) is 0 Å². The molecule has 1 aliphatic heterocycles. The molecule has 30 heavy (non-hydrogen) atoms. The summed E-state index contributed by atoms with van der Waals surface area (Å²) in [5.41, 5.74) is 3.57. The van der Waals surface area contributed by atoms with E-state index in [1.165, 1.54) is 0 Å². The summed E-state index contributed by atoms with van der Waals surface area (Å²) in [7, 11) is 3.19. The molecule has 0 fully saturated rings. The number of aromatic nitrogens is 3. The van der Waals surface area contributed by atoms with E-state index in [0.29, 0.717) is 24.5 Å². The number of amides is 1. The third-order valence-corrected chi connectivity index (χ3v) is 4.83. The number of nitrogens with one attached hydrogen (secondary N) is 1. The lowest BCUT2D eigenvalue weighted by atomic mass is 9.90. The highest BCUT2D eigenvalue weighted by molar-refractivity contribution is 5.94. The summed E-state index contributed by atoms with van der Waals surface area (Å²) in [5.74, 6) is 1.22. The van der Waals surface area contributed by atoms with Gasteiger partial charge >= 0.3 is 0 Å². The van der Waals surface area contributed by atoms with Gasteiger partial charge in [0.1, 0.15) is 5.75 Å². The van der Waals surface area contributed by atoms with Crippen molar-refractivity contribution in [1.29, 1.82) is 0 Å². The topological polar surface area (TPSA) is 118 Å². The summed E-state index contributed by atoms with van der Waals surface area (Å²) >= 11 is 0. The second kappa shape index (κ2) is 9.55. The summed E-state index contributed by atoms with van der Waals surface area (Å²) in [4.78, 5) is 35.0. The molecule has 2 aromatic heterocycles. The summed E-state index contributed by atoms with van der Waals surface area (Å²) in [6.45, 7) is 0.794. The van der Waals surface area contributed by atoms with Crippen LogP contribution in [0.5, 0.6) is 11.6 Å². The van der Waals surface area contributed by atoms with Gasteiger partial charge in [0.15, 0.2) is 0 Å². The zero-order chi connectivity index (χ0) is 21.5. The fourth-order valence-electron chi connectivity index (χ4n) is 3.39. The number of fused-ring (bicyclic) bond motifs is 1. The van der Waals surface area contributed by atoms with Crippen molar-refractivity contribution in [3.05, 3.63) is 71.4 Å². The maximum Gasteiger partial charge on any atom is 0.290 e. The van der Waals surface area contributed by atoms with E-state index in [1.54, 1.807) is 38.9 Å². The monoisotopic (exact) mass is 410 g/mol. The van der Waals surface area contributed by atoms with Crippen molar-refractivity contribution in [2.45, 2.75) is 12.5 Å². The van der Waals surface area contributed by atoms with Gasteiger partial charge in [-0.15, -0.1) is 0 Å². The fraction of sp³-hybridized carbons (Fsp3) is 0.238. The van der Waals surface area contributed by atoms with Gasteiger partial charge in [0, 0.05) is 24.7 Å². The number of ether oxygens (including phenoxy) is 2. The van der Waals surface area contributed by atoms with E-state index in [4.69, 9.17) is 19.4 Å². The molecule has 3 heterocycles. The second-order valence-corrected chi connectivity index (χ2v) is 6.47. The molecule has 1 unspecified atom stereocenters. The molecule has 4 rings (SSSR count). The van der Waals surface area contributed by atoms with Crippen LogP contribution in [0.1, 0.15) is 33.2 Å². The van der Waals surface area contributed by atoms with Gasteiger partial charge in [-0.3, -0.25) is 9.59 Å². The molecule has 1 aromatic carbocycles. The molecule has 2 N–H and O–H groups in total. The Morgan fingerprint density at radius 3 is 2.50 bits per heavy atom. The van der Waals surface area contributed by atoms with E-state index < -0.39 is 0 Å². The van der Waals surface area contributed by atoms with Crippen LogP contribution in [0.25, 0.3) is 0 Å². The van der Waals surface area contributed by atoms with Crippen LogP contribution >= 0.6 is 0 Å². The van der Waals surface area contributed by atoms with Gasteiger partial charge < -0.3 is 24.5 Å². The summed E-state index contributed by atoms with van der Waals surface area (Å²) in [5, 5.41) is 6.89. The summed E-state index contributed by atoms with van der Waals surface area (Å²) in [6.07, 6.45) is 3.23. The zero-order valence-electron chi connectivity index (χ0n) is 16.6. The third-order valence-electron chi connectivity index (χ3n) is 4.83. The van der Waals surface area contributed by atoms with E-state index in [-0.39, 0.29) is 18.3 Å². The highest BCUT2D eigenvalue weighted by Crippen LogP contribution is 2.33. The Morgan fingerprint density at radius 2 is 1.90 bits per heavy atom. The minimum atomic E-state index is -0.250. The van der Waals surface area contributed by atoms with E-state index in [1.807, 2.05) is 29.2 Å². The normalized spacial score (nSPS) is 14.7. The van der Waals surface area contributed by atoms with Gasteiger partial charge in [-0.05, 0) is 23.8 Å². The highest BCUT2D eigenvalue weighted by atomic mass is 16.5. The van der Waals surface area contributed by atoms with Crippen LogP contribution in [0.4, 0.5) is 0 Å². The molecule has 0 bridgehead atoms. The number of rotatable bonds is 4. The smallest absolute Gasteiger partial charge is 0.290 e. The van der Waals surface area contributed by atoms with Crippen LogP contribution in [-0.2, 0) is 11.3 Å². The SMILES string of the molecule is COc1ccc(C2CN(C(=O)c3ccc(OC)nc3)Cc3[nH]cnc32)cc1.O=CO. The Balaban J connectivity index is 0.000000806. The molecule has 1 amide bonds. The lowest BCUT2D eigenvalue weighted by Crippen LogP contribution is -2.38. The molecule has 9 heteroatoms. The number of benzene rings is 1. The van der Waals surface area contributed by atoms with Gasteiger partial charge in [0.25, 0.3) is 12.4 Å². The van der Waals surface area contributed by atoms with Crippen LogP contribution in [0.2, 0.25) is 0 Å². The number of methoxy groups -OCH3 is 2. The molecule has 9 nitrogen and oxygen atoms in total. The molecule has 1 atom stereocenters. The Kier molecular flexibility index (Phi) is 6.63. The average Bonchev–Trinajstić information content (AvgIpc) is 3.27. The predicted molar refractivity (Wildman–Crippen MR) is 108 cm³/mol. The van der Waals surface area contributed by atoms with E-state index in [9.17, 15) is 4.79 Å². The first kappa shape index (κ1) is 20.8. The van der Waals surface area contributed by atoms with Crippen molar-refractivity contribution < 1.29 is 24.2 Å². The second-order valence-electron chi connectivity index (χ2n) is 6.47. The predicted octanol–water partition coefficient (Wildman–Crippen LogP) is 2.31. The number of nitrogens with zero attached hydrogens (tertiary/aromatic N) is 3. The minimum Gasteiger partial charge on any atom is -0.497 e. The first-order valence-electron chi connectivity index (χ1n) is 9.14. The number of carboxylic acid groups (broad SMARTS) is 1. The number of hydrogen-bond donors (Lipinski definition) is 2. The van der Waals surface area contributed by atoms with Gasteiger partial charge in [-0.25, -0.2) is 9.97 Å². The van der Waals surface area contributed by atoms with Crippen molar-refractivity contribution in [1.82, 2.24) is 19.9 Å². The summed E-state index contributed by atoms with van der Waals surface area (Å²) < 4.78 is 10.3. The highest BCUT2D eigenvalue weighted by Gasteiger charge is 2.31. The van der Waals surface area contributed by atoms with E-state index >= 15 is 0 Å². The van der Waals surface area contributed by atoms with Crippen LogP contribution in [0.15, 0.2) is 48.9 Å². The number of carbonyl (C=O) groups excluding carboxylic acids is 1. The lowest BCUT2D eigenvalue weighted by Gasteiger charge is -2.32. The van der Waals surface area contributed by atoms with Crippen LogP contribution in [0.3, 0.4) is 0 Å². The Hall–Kier alpha value is -3.88. The average molecular weight is 410 g/mol. The molecule has 0 saturated heterocycles. The number of hydrogen-bond acceptors (Lipinski definition) is 6. The maximum atomic E-state index is 13.0. The van der Waals surface area contributed by atoms with Crippen LogP contribution in [-0.4, -0.2) is 58.1 Å². The zero-order valence-corrected chi connectivity index (χ0v) is 16.6. The fourth-order valence-corrected chi connectivity index (χ4v) is 3.39. The molecule has 3 aromatic rings. The standard InChI is InChI=1S/C20H20N4O3.CH2O2/c1-26-15-6-3-13(4-7-15)16-10-24(11-17-19(16)23-12-22-17)20(25)14-5-8-18(27-2)21-9-14;2-1-3/h3-9,12,16H,10-11H2,1-2H3,(H,22,23);1H,(H,2,3). The molecular weight excluding hydrogens is 388 g/mol. The van der Waals surface area contributed by atoms with E-state index in [0.717, 1.165) is 22.7 Å². The first-order valence-corrected chi connectivity index (χ1v) is 9.14. The summed E-state index contributed by atoms with van der Waals surface area (Å²) in [6, 6.07) is 11.3. The Bertz CT molecular complexity index is 985. The van der Waals surface area contributed by atoms with Crippen molar-refractivity contribution in [2.24, 2.45) is 0 Å². The molecular formula is C21H22N4O5. The quantitative estimate of drug-likeness (QED) is 0.634. The van der Waals surface area contributed by atoms with E-state index in [2.05, 4.69) is 15.0 Å². The molecule has 0 aliphatic carbocycles. The van der Waals surface area contributed by atoms with Crippen molar-refractivity contribution >= 4 is 12.4 Å². The molecule has 0 saturated carbocycles. The van der Waals surface area contributed by atoms with Gasteiger partial charge in [0.2, 0.25) is 5.88 Å². The van der Waals surface area contributed by atoms with Gasteiger partial charge in [0.05, 0.1) is 44.0 Å². The minimum absolute atomic E-state index is 0.000985. The van der Waals surface area contributed by atoms with Crippen LogP contribution < -0.4 is 9.47 Å².